The maximum Gasteiger partial charge on any atom is 0.170 e. The Morgan fingerprint density at radius 1 is 1.53 bits per heavy atom. The summed E-state index contributed by atoms with van der Waals surface area (Å²) in [6.45, 7) is 4.09. The number of rotatable bonds is 4. The van der Waals surface area contributed by atoms with E-state index in [0.29, 0.717) is 11.6 Å². The van der Waals surface area contributed by atoms with E-state index in [1.54, 1.807) is 17.9 Å². The number of anilines is 1. The molecule has 1 N–H and O–H groups in total. The van der Waals surface area contributed by atoms with Gasteiger partial charge in [-0.15, -0.1) is 0 Å². The highest BCUT2D eigenvalue weighted by atomic mass is 16.1. The lowest BCUT2D eigenvalue weighted by Gasteiger charge is -2.24. The van der Waals surface area contributed by atoms with Gasteiger partial charge in [0.25, 0.3) is 0 Å². The van der Waals surface area contributed by atoms with Crippen LogP contribution < -0.4 is 5.32 Å². The molecule has 1 aliphatic carbocycles. The van der Waals surface area contributed by atoms with Crippen LogP contribution in [-0.2, 0) is 7.05 Å². The number of nitrogens with zero attached hydrogens (tertiary/aromatic N) is 2. The second kappa shape index (κ2) is 5.17. The highest BCUT2D eigenvalue weighted by Gasteiger charge is 2.18. The first-order chi connectivity index (χ1) is 8.22. The summed E-state index contributed by atoms with van der Waals surface area (Å²) in [5.74, 6) is 0.531. The van der Waals surface area contributed by atoms with Crippen molar-refractivity contribution in [3.63, 3.8) is 0 Å². The number of aldehydes is 1. The van der Waals surface area contributed by atoms with Gasteiger partial charge in [0, 0.05) is 12.7 Å². The second-order valence-corrected chi connectivity index (χ2v) is 4.67. The predicted octanol–water partition coefficient (Wildman–Crippen LogP) is 2.74. The predicted molar refractivity (Wildman–Crippen MR) is 67.9 cm³/mol. The van der Waals surface area contributed by atoms with E-state index >= 15 is 0 Å². The normalized spacial score (nSPS) is 16.8. The molecule has 0 saturated heterocycles. The Bertz CT molecular complexity index is 416. The molecule has 0 spiro atoms. The summed E-state index contributed by atoms with van der Waals surface area (Å²) in [6.07, 6.45) is 8.78. The minimum atomic E-state index is 0.531. The third-order valence-electron chi connectivity index (χ3n) is 3.49. The molecule has 92 valence electrons. The smallest absolute Gasteiger partial charge is 0.170 e. The van der Waals surface area contributed by atoms with Crippen LogP contribution in [0.5, 0.6) is 0 Å². The van der Waals surface area contributed by atoms with E-state index in [-0.39, 0.29) is 0 Å². The summed E-state index contributed by atoms with van der Waals surface area (Å²) in [5.41, 5.74) is 2.35. The first-order valence-corrected chi connectivity index (χ1v) is 6.15. The number of allylic oxidation sites excluding steroid dienone is 1. The van der Waals surface area contributed by atoms with E-state index in [2.05, 4.69) is 17.0 Å². The van der Waals surface area contributed by atoms with Crippen molar-refractivity contribution < 1.29 is 4.79 Å². The first kappa shape index (κ1) is 11.9. The molecule has 17 heavy (non-hydrogen) atoms. The van der Waals surface area contributed by atoms with Gasteiger partial charge in [0.2, 0.25) is 0 Å². The third kappa shape index (κ3) is 2.57. The van der Waals surface area contributed by atoms with E-state index < -0.39 is 0 Å². The number of carbonyl (C=O) groups excluding carboxylic acids is 1. The SMILES string of the molecule is C=C(Nc1cnn(C)c1C=O)C1CCCCC1. The number of carbonyl (C=O) groups is 1. The van der Waals surface area contributed by atoms with Gasteiger partial charge in [-0.25, -0.2) is 0 Å². The van der Waals surface area contributed by atoms with Gasteiger partial charge in [0.1, 0.15) is 5.69 Å². The van der Waals surface area contributed by atoms with E-state index in [0.717, 1.165) is 17.7 Å². The lowest BCUT2D eigenvalue weighted by atomic mass is 9.87. The van der Waals surface area contributed by atoms with Crippen LogP contribution in [0.25, 0.3) is 0 Å². The van der Waals surface area contributed by atoms with Gasteiger partial charge in [0.15, 0.2) is 6.29 Å². The average molecular weight is 233 g/mol. The maximum atomic E-state index is 10.9. The van der Waals surface area contributed by atoms with Crippen LogP contribution in [0, 0.1) is 5.92 Å². The summed E-state index contributed by atoms with van der Waals surface area (Å²) in [7, 11) is 1.76. The van der Waals surface area contributed by atoms with Crippen molar-refractivity contribution in [3.05, 3.63) is 24.2 Å². The number of aromatic nitrogens is 2. The van der Waals surface area contributed by atoms with Crippen molar-refractivity contribution in [2.75, 3.05) is 5.32 Å². The molecule has 0 unspecified atom stereocenters. The lowest BCUT2D eigenvalue weighted by molar-refractivity contribution is 0.111. The zero-order valence-electron chi connectivity index (χ0n) is 10.3. The largest absolute Gasteiger partial charge is 0.356 e. The Kier molecular flexibility index (Phi) is 3.61. The number of aryl methyl sites for hydroxylation is 1. The highest BCUT2D eigenvalue weighted by molar-refractivity contribution is 5.82. The summed E-state index contributed by atoms with van der Waals surface area (Å²) >= 11 is 0. The average Bonchev–Trinajstić information content (AvgIpc) is 2.71. The number of hydrogen-bond donors (Lipinski definition) is 1. The fraction of sp³-hybridized carbons (Fsp3) is 0.538. The molecule has 2 rings (SSSR count). The van der Waals surface area contributed by atoms with Crippen LogP contribution in [0.3, 0.4) is 0 Å². The molecule has 0 bridgehead atoms. The molecule has 1 heterocycles. The van der Waals surface area contributed by atoms with Crippen LogP contribution >= 0.6 is 0 Å². The Morgan fingerprint density at radius 3 is 2.88 bits per heavy atom. The van der Waals surface area contributed by atoms with Gasteiger partial charge in [-0.05, 0) is 18.8 Å². The Hall–Kier alpha value is -1.58. The zero-order chi connectivity index (χ0) is 12.3. The molecule has 0 aliphatic heterocycles. The minimum absolute atomic E-state index is 0.531. The van der Waals surface area contributed by atoms with Gasteiger partial charge in [-0.3, -0.25) is 9.48 Å². The van der Waals surface area contributed by atoms with Crippen molar-refractivity contribution in [2.24, 2.45) is 13.0 Å². The summed E-state index contributed by atoms with van der Waals surface area (Å²) in [5, 5.41) is 7.31. The van der Waals surface area contributed by atoms with Crippen LogP contribution in [0.15, 0.2) is 18.5 Å². The number of hydrogen-bond acceptors (Lipinski definition) is 3. The quantitative estimate of drug-likeness (QED) is 0.813. The Balaban J connectivity index is 2.04. The standard InChI is InChI=1S/C13H19N3O/c1-10(11-6-4-3-5-7-11)15-12-8-14-16(2)13(12)9-17/h8-9,11,15H,1,3-7H2,2H3. The van der Waals surface area contributed by atoms with Crippen molar-refractivity contribution >= 4 is 12.0 Å². The molecule has 0 aromatic carbocycles. The lowest BCUT2D eigenvalue weighted by Crippen LogP contribution is -2.14. The molecule has 1 fully saturated rings. The third-order valence-corrected chi connectivity index (χ3v) is 3.49. The summed E-state index contributed by atoms with van der Waals surface area (Å²) < 4.78 is 1.57. The van der Waals surface area contributed by atoms with Crippen molar-refractivity contribution in [3.8, 4) is 0 Å². The van der Waals surface area contributed by atoms with E-state index in [9.17, 15) is 4.79 Å². The van der Waals surface area contributed by atoms with Crippen LogP contribution in [0.4, 0.5) is 5.69 Å². The summed E-state index contributed by atoms with van der Waals surface area (Å²) in [6, 6.07) is 0. The van der Waals surface area contributed by atoms with E-state index in [1.807, 2.05) is 0 Å². The van der Waals surface area contributed by atoms with Crippen LogP contribution in [-0.4, -0.2) is 16.1 Å². The zero-order valence-corrected chi connectivity index (χ0v) is 10.3. The first-order valence-electron chi connectivity index (χ1n) is 6.15. The summed E-state index contributed by atoms with van der Waals surface area (Å²) in [4.78, 5) is 10.9. The van der Waals surface area contributed by atoms with Crippen molar-refractivity contribution in [2.45, 2.75) is 32.1 Å². The molecule has 4 heteroatoms. The maximum absolute atomic E-state index is 10.9. The van der Waals surface area contributed by atoms with Gasteiger partial charge >= 0.3 is 0 Å². The Labute approximate surface area is 102 Å². The molecule has 1 aromatic rings. The fourth-order valence-corrected chi connectivity index (χ4v) is 2.41. The van der Waals surface area contributed by atoms with Gasteiger partial charge < -0.3 is 5.32 Å². The fourth-order valence-electron chi connectivity index (χ4n) is 2.41. The molecule has 0 radical (unpaired) electrons. The van der Waals surface area contributed by atoms with Crippen molar-refractivity contribution in [1.82, 2.24) is 9.78 Å². The van der Waals surface area contributed by atoms with Crippen molar-refractivity contribution in [1.29, 1.82) is 0 Å². The monoisotopic (exact) mass is 233 g/mol. The molecular weight excluding hydrogens is 214 g/mol. The highest BCUT2D eigenvalue weighted by Crippen LogP contribution is 2.29. The topological polar surface area (TPSA) is 46.9 Å². The van der Waals surface area contributed by atoms with Gasteiger partial charge in [-0.1, -0.05) is 25.8 Å². The molecule has 1 aliphatic rings. The second-order valence-electron chi connectivity index (χ2n) is 4.67. The van der Waals surface area contributed by atoms with Gasteiger partial charge in [-0.2, -0.15) is 5.10 Å². The molecule has 0 amide bonds. The molecule has 4 nitrogen and oxygen atoms in total. The van der Waals surface area contributed by atoms with Crippen LogP contribution in [0.2, 0.25) is 0 Å². The molecule has 1 aromatic heterocycles. The van der Waals surface area contributed by atoms with E-state index in [4.69, 9.17) is 0 Å². The van der Waals surface area contributed by atoms with Gasteiger partial charge in [0.05, 0.1) is 11.9 Å². The van der Waals surface area contributed by atoms with E-state index in [1.165, 1.54) is 32.1 Å². The van der Waals surface area contributed by atoms with Crippen LogP contribution in [0.1, 0.15) is 42.6 Å². The molecular formula is C13H19N3O. The molecule has 0 atom stereocenters. The molecule has 1 saturated carbocycles. The Morgan fingerprint density at radius 2 is 2.24 bits per heavy atom. The minimum Gasteiger partial charge on any atom is -0.356 e. The number of nitrogens with one attached hydrogen (secondary N) is 1.